The third-order valence-corrected chi connectivity index (χ3v) is 6.17. The summed E-state index contributed by atoms with van der Waals surface area (Å²) in [6.45, 7) is 10.0. The van der Waals surface area contributed by atoms with Crippen LogP contribution in [0.5, 0.6) is 11.5 Å². The highest BCUT2D eigenvalue weighted by Crippen LogP contribution is 2.48. The number of allylic oxidation sites excluding steroid dienone is 4. The van der Waals surface area contributed by atoms with Gasteiger partial charge in [-0.25, -0.2) is 0 Å². The molecule has 0 heterocycles. The van der Waals surface area contributed by atoms with E-state index >= 15 is 0 Å². The summed E-state index contributed by atoms with van der Waals surface area (Å²) in [6.07, 6.45) is 7.46. The Bertz CT molecular complexity index is 738. The van der Waals surface area contributed by atoms with E-state index in [2.05, 4.69) is 32.9 Å². The van der Waals surface area contributed by atoms with Crippen molar-refractivity contribution in [1.29, 1.82) is 0 Å². The van der Waals surface area contributed by atoms with Gasteiger partial charge in [0, 0.05) is 5.56 Å². The summed E-state index contributed by atoms with van der Waals surface area (Å²) in [6, 6.07) is 3.60. The number of rotatable bonds is 12. The summed E-state index contributed by atoms with van der Waals surface area (Å²) in [5.74, 6) is 1.30. The van der Waals surface area contributed by atoms with Crippen LogP contribution in [0.2, 0.25) is 0 Å². The van der Waals surface area contributed by atoms with Crippen molar-refractivity contribution in [2.45, 2.75) is 72.6 Å². The van der Waals surface area contributed by atoms with Crippen LogP contribution in [-0.2, 0) is 21.7 Å². The normalized spacial score (nSPS) is 14.8. The molecule has 0 saturated carbocycles. The van der Waals surface area contributed by atoms with Crippen LogP contribution in [0.1, 0.15) is 65.0 Å². The van der Waals surface area contributed by atoms with Gasteiger partial charge in [-0.15, -0.1) is 0 Å². The van der Waals surface area contributed by atoms with Crippen molar-refractivity contribution >= 4 is 7.60 Å². The zero-order chi connectivity index (χ0) is 22.0. The van der Waals surface area contributed by atoms with Crippen LogP contribution in [0.4, 0.5) is 0 Å². The van der Waals surface area contributed by atoms with Crippen molar-refractivity contribution in [3.8, 4) is 11.5 Å². The Morgan fingerprint density at radius 1 is 1.14 bits per heavy atom. The van der Waals surface area contributed by atoms with Crippen LogP contribution < -0.4 is 9.47 Å². The first-order valence-corrected chi connectivity index (χ1v) is 11.9. The van der Waals surface area contributed by atoms with Gasteiger partial charge < -0.3 is 18.9 Å². The summed E-state index contributed by atoms with van der Waals surface area (Å²) in [7, 11) is -0.546. The van der Waals surface area contributed by atoms with E-state index in [9.17, 15) is 9.46 Å². The van der Waals surface area contributed by atoms with Crippen LogP contribution in [0.15, 0.2) is 35.4 Å². The van der Waals surface area contributed by atoms with Crippen molar-refractivity contribution in [3.05, 3.63) is 46.6 Å². The van der Waals surface area contributed by atoms with Crippen LogP contribution in [0.25, 0.3) is 0 Å². The number of hydrogen-bond donors (Lipinski definition) is 1. The molecular formula is C23H37O5P. The minimum atomic E-state index is -3.74. The molecule has 29 heavy (non-hydrogen) atoms. The maximum Gasteiger partial charge on any atom is 0.332 e. The Hall–Kier alpha value is -1.55. The van der Waals surface area contributed by atoms with Gasteiger partial charge in [0.05, 0.1) is 26.5 Å². The van der Waals surface area contributed by atoms with E-state index < -0.39 is 7.60 Å². The molecule has 0 aromatic heterocycles. The van der Waals surface area contributed by atoms with E-state index in [1.807, 2.05) is 6.92 Å². The second-order valence-electron chi connectivity index (χ2n) is 7.67. The van der Waals surface area contributed by atoms with E-state index in [1.165, 1.54) is 11.1 Å². The zero-order valence-corrected chi connectivity index (χ0v) is 19.8. The Labute approximate surface area is 176 Å². The molecule has 0 bridgehead atoms. The van der Waals surface area contributed by atoms with Crippen LogP contribution >= 0.6 is 7.60 Å². The number of hydrogen-bond acceptors (Lipinski definition) is 4. The topological polar surface area (TPSA) is 65.0 Å². The van der Waals surface area contributed by atoms with E-state index in [0.29, 0.717) is 29.9 Å². The third kappa shape index (κ3) is 9.20. The third-order valence-electron chi connectivity index (χ3n) is 4.72. The largest absolute Gasteiger partial charge is 0.496 e. The summed E-state index contributed by atoms with van der Waals surface area (Å²) in [4.78, 5) is 10.2. The molecule has 0 spiro atoms. The van der Waals surface area contributed by atoms with Gasteiger partial charge >= 0.3 is 7.60 Å². The Balaban J connectivity index is 3.03. The van der Waals surface area contributed by atoms with Gasteiger partial charge in [0.2, 0.25) is 0 Å². The number of methoxy groups -OCH3 is 2. The van der Waals surface area contributed by atoms with Gasteiger partial charge in [0.1, 0.15) is 11.5 Å². The lowest BCUT2D eigenvalue weighted by Gasteiger charge is -2.19. The molecule has 1 aromatic rings. The molecule has 0 radical (unpaired) electrons. The molecule has 1 N–H and O–H groups in total. The van der Waals surface area contributed by atoms with Gasteiger partial charge in [-0.05, 0) is 71.1 Å². The number of benzene rings is 1. The van der Waals surface area contributed by atoms with Gasteiger partial charge in [0.15, 0.2) is 0 Å². The van der Waals surface area contributed by atoms with E-state index in [4.69, 9.17) is 14.0 Å². The van der Waals surface area contributed by atoms with Crippen molar-refractivity contribution in [1.82, 2.24) is 0 Å². The lowest BCUT2D eigenvalue weighted by molar-refractivity contribution is 0.185. The predicted octanol–water partition coefficient (Wildman–Crippen LogP) is 6.44. The average Bonchev–Trinajstić information content (AvgIpc) is 2.64. The second kappa shape index (κ2) is 12.2. The first kappa shape index (κ1) is 25.5. The smallest absolute Gasteiger partial charge is 0.332 e. The molecule has 1 aromatic carbocycles. The van der Waals surface area contributed by atoms with Gasteiger partial charge in [0.25, 0.3) is 0 Å². The average molecular weight is 425 g/mol. The molecule has 0 saturated heterocycles. The zero-order valence-electron chi connectivity index (χ0n) is 18.9. The van der Waals surface area contributed by atoms with E-state index in [0.717, 1.165) is 18.4 Å². The molecule has 6 heteroatoms. The predicted molar refractivity (Wildman–Crippen MR) is 120 cm³/mol. The van der Waals surface area contributed by atoms with Crippen molar-refractivity contribution in [3.63, 3.8) is 0 Å². The Morgan fingerprint density at radius 3 is 2.21 bits per heavy atom. The van der Waals surface area contributed by atoms with E-state index in [1.54, 1.807) is 33.3 Å². The van der Waals surface area contributed by atoms with Crippen LogP contribution in [-0.4, -0.2) is 25.2 Å². The summed E-state index contributed by atoms with van der Waals surface area (Å²) < 4.78 is 28.9. The molecule has 2 atom stereocenters. The standard InChI is InChI=1S/C23H37O5P/c1-8-19(5)28-29(24,25)16-20-14-22(26-6)21(23(15-20)27-7)13-12-18(4)11-9-10-17(2)3/h10,12,14-15,19H,8-9,11,13,16H2,1-7H3,(H,24,25). The van der Waals surface area contributed by atoms with Crippen LogP contribution in [0.3, 0.4) is 0 Å². The minimum Gasteiger partial charge on any atom is -0.496 e. The summed E-state index contributed by atoms with van der Waals surface area (Å²) >= 11 is 0. The SMILES string of the molecule is CCC(C)OP(=O)(O)Cc1cc(OC)c(CC=C(C)CCC=C(C)C)c(OC)c1. The number of ether oxygens (including phenoxy) is 2. The molecule has 0 aliphatic heterocycles. The molecule has 5 nitrogen and oxygen atoms in total. The monoisotopic (exact) mass is 424 g/mol. The summed E-state index contributed by atoms with van der Waals surface area (Å²) in [5, 5.41) is 0. The lowest BCUT2D eigenvalue weighted by Crippen LogP contribution is -2.06. The first-order chi connectivity index (χ1) is 13.6. The molecule has 164 valence electrons. The minimum absolute atomic E-state index is 0.0814. The highest BCUT2D eigenvalue weighted by atomic mass is 31.2. The highest BCUT2D eigenvalue weighted by molar-refractivity contribution is 7.52. The van der Waals surface area contributed by atoms with Crippen molar-refractivity contribution in [2.75, 3.05) is 14.2 Å². The van der Waals surface area contributed by atoms with E-state index in [-0.39, 0.29) is 12.3 Å². The maximum atomic E-state index is 12.4. The highest BCUT2D eigenvalue weighted by Gasteiger charge is 2.24. The van der Waals surface area contributed by atoms with Crippen LogP contribution in [0, 0.1) is 0 Å². The molecule has 0 amide bonds. The fourth-order valence-electron chi connectivity index (χ4n) is 2.92. The van der Waals surface area contributed by atoms with Crippen molar-refractivity contribution < 1.29 is 23.5 Å². The molecule has 0 aliphatic rings. The maximum absolute atomic E-state index is 12.4. The first-order valence-electron chi connectivity index (χ1n) is 10.1. The molecule has 1 rings (SSSR count). The van der Waals surface area contributed by atoms with Gasteiger partial charge in [-0.1, -0.05) is 30.2 Å². The van der Waals surface area contributed by atoms with Gasteiger partial charge in [-0.2, -0.15) is 0 Å². The summed E-state index contributed by atoms with van der Waals surface area (Å²) in [5.41, 5.74) is 4.21. The second-order valence-corrected chi connectivity index (χ2v) is 9.48. The quantitative estimate of drug-likeness (QED) is 0.309. The van der Waals surface area contributed by atoms with Gasteiger partial charge in [-0.3, -0.25) is 4.57 Å². The molecule has 2 unspecified atom stereocenters. The molecule has 0 fully saturated rings. The fraction of sp³-hybridized carbons (Fsp3) is 0.565. The van der Waals surface area contributed by atoms with Crippen molar-refractivity contribution in [2.24, 2.45) is 0 Å². The molecule has 0 aliphatic carbocycles. The fourth-order valence-corrected chi connectivity index (χ4v) is 4.35. The Morgan fingerprint density at radius 2 is 1.72 bits per heavy atom. The Kier molecular flexibility index (Phi) is 10.7. The molecular weight excluding hydrogens is 387 g/mol. The lowest BCUT2D eigenvalue weighted by atomic mass is 10.0.